The molecular formula is C19H23NO3S. The van der Waals surface area contributed by atoms with Crippen molar-refractivity contribution in [1.82, 2.24) is 5.32 Å². The van der Waals surface area contributed by atoms with Crippen molar-refractivity contribution < 1.29 is 15.0 Å². The lowest BCUT2D eigenvalue weighted by Gasteiger charge is -2.29. The Kier molecular flexibility index (Phi) is 4.40. The van der Waals surface area contributed by atoms with Crippen LogP contribution in [0.3, 0.4) is 0 Å². The highest BCUT2D eigenvalue weighted by Gasteiger charge is 2.33. The minimum absolute atomic E-state index is 0.133. The highest BCUT2D eigenvalue weighted by molar-refractivity contribution is 7.16. The minimum Gasteiger partial charge on any atom is -0.508 e. The Morgan fingerprint density at radius 2 is 2.12 bits per heavy atom. The maximum atomic E-state index is 11.9. The number of nitrogens with one attached hydrogen (secondary N) is 1. The summed E-state index contributed by atoms with van der Waals surface area (Å²) in [5.41, 5.74) is 3.12. The first-order valence-corrected chi connectivity index (χ1v) is 8.99. The van der Waals surface area contributed by atoms with Gasteiger partial charge in [0, 0.05) is 21.9 Å². The number of rotatable bonds is 4. The summed E-state index contributed by atoms with van der Waals surface area (Å²) in [6.45, 7) is 4.96. The number of phenols is 1. The van der Waals surface area contributed by atoms with Crippen molar-refractivity contribution >= 4 is 17.3 Å². The highest BCUT2D eigenvalue weighted by atomic mass is 32.1. The number of aryl methyl sites for hydroxylation is 1. The first kappa shape index (κ1) is 17.0. The third kappa shape index (κ3) is 3.06. The van der Waals surface area contributed by atoms with E-state index in [0.29, 0.717) is 12.1 Å². The average molecular weight is 345 g/mol. The lowest BCUT2D eigenvalue weighted by molar-refractivity contribution is 0.0696. The zero-order chi connectivity index (χ0) is 17.5. The van der Waals surface area contributed by atoms with Crippen molar-refractivity contribution in [3.63, 3.8) is 0 Å². The monoisotopic (exact) mass is 345 g/mol. The molecule has 0 saturated heterocycles. The second-order valence-electron chi connectivity index (χ2n) is 7.23. The van der Waals surface area contributed by atoms with Gasteiger partial charge in [0.2, 0.25) is 0 Å². The summed E-state index contributed by atoms with van der Waals surface area (Å²) >= 11 is 1.56. The summed E-state index contributed by atoms with van der Waals surface area (Å²) in [7, 11) is 1.82. The first-order chi connectivity index (χ1) is 11.3. The van der Waals surface area contributed by atoms with Crippen molar-refractivity contribution in [2.24, 2.45) is 5.41 Å². The van der Waals surface area contributed by atoms with Crippen LogP contribution in [0.25, 0.3) is 10.4 Å². The number of aromatic hydroxyl groups is 1. The van der Waals surface area contributed by atoms with Gasteiger partial charge in [0.05, 0.1) is 5.56 Å². The fraction of sp³-hybridized carbons (Fsp3) is 0.421. The Labute approximate surface area is 146 Å². The standard InChI is InChI=1S/C19H23NO3S/c1-19(2)7-6-15-13(9-19)16(18(22)23)17(24-15)11-4-5-12(10-20-3)14(21)8-11/h4-5,8,20-21H,6-7,9-10H2,1-3H3,(H,22,23). The first-order valence-electron chi connectivity index (χ1n) is 8.17. The molecule has 0 unspecified atom stereocenters. The van der Waals surface area contributed by atoms with Gasteiger partial charge >= 0.3 is 5.97 Å². The summed E-state index contributed by atoms with van der Waals surface area (Å²) in [5.74, 6) is -0.677. The van der Waals surface area contributed by atoms with E-state index in [1.54, 1.807) is 17.4 Å². The molecule has 0 fully saturated rings. The predicted molar refractivity (Wildman–Crippen MR) is 96.9 cm³/mol. The number of fused-ring (bicyclic) bond motifs is 1. The molecule has 0 radical (unpaired) electrons. The van der Waals surface area contributed by atoms with Gasteiger partial charge in [0.1, 0.15) is 5.75 Å². The molecule has 1 aromatic carbocycles. The molecule has 4 nitrogen and oxygen atoms in total. The van der Waals surface area contributed by atoms with E-state index in [1.807, 2.05) is 19.2 Å². The van der Waals surface area contributed by atoms with E-state index < -0.39 is 5.97 Å². The number of carbonyl (C=O) groups is 1. The third-order valence-corrected chi connectivity index (χ3v) is 6.04. The van der Waals surface area contributed by atoms with E-state index in [2.05, 4.69) is 19.2 Å². The highest BCUT2D eigenvalue weighted by Crippen LogP contribution is 2.45. The van der Waals surface area contributed by atoms with Gasteiger partial charge in [-0.2, -0.15) is 0 Å². The van der Waals surface area contributed by atoms with Gasteiger partial charge in [-0.25, -0.2) is 4.79 Å². The summed E-state index contributed by atoms with van der Waals surface area (Å²) in [6.07, 6.45) is 2.80. The smallest absolute Gasteiger partial charge is 0.337 e. The molecule has 1 heterocycles. The van der Waals surface area contributed by atoms with Gasteiger partial charge in [-0.1, -0.05) is 26.0 Å². The second-order valence-corrected chi connectivity index (χ2v) is 8.33. The fourth-order valence-corrected chi connectivity index (χ4v) is 4.70. The van der Waals surface area contributed by atoms with Gasteiger partial charge in [-0.15, -0.1) is 11.3 Å². The number of aromatic carboxylic acids is 1. The lowest BCUT2D eigenvalue weighted by atomic mass is 9.76. The minimum atomic E-state index is -0.876. The molecule has 0 saturated carbocycles. The predicted octanol–water partition coefficient (Wildman–Crippen LogP) is 4.05. The number of phenolic OH excluding ortho intramolecular Hbond substituents is 1. The largest absolute Gasteiger partial charge is 0.508 e. The van der Waals surface area contributed by atoms with Crippen LogP contribution in [0.2, 0.25) is 0 Å². The molecule has 0 spiro atoms. The van der Waals surface area contributed by atoms with Crippen molar-refractivity contribution in [2.75, 3.05) is 7.05 Å². The molecule has 24 heavy (non-hydrogen) atoms. The SMILES string of the molecule is CNCc1ccc(-c2sc3c(c2C(=O)O)CC(C)(C)CC3)cc1O. The quantitative estimate of drug-likeness (QED) is 0.782. The molecule has 3 rings (SSSR count). The Bertz CT molecular complexity index is 792. The Hall–Kier alpha value is -1.85. The van der Waals surface area contributed by atoms with Crippen molar-refractivity contribution in [2.45, 2.75) is 39.7 Å². The van der Waals surface area contributed by atoms with Crippen LogP contribution in [0.15, 0.2) is 18.2 Å². The molecule has 1 aromatic heterocycles. The van der Waals surface area contributed by atoms with Crippen LogP contribution in [0.1, 0.15) is 46.6 Å². The van der Waals surface area contributed by atoms with Gasteiger partial charge in [0.15, 0.2) is 0 Å². The van der Waals surface area contributed by atoms with Gasteiger partial charge in [0.25, 0.3) is 0 Å². The number of carboxylic acids is 1. The van der Waals surface area contributed by atoms with Gasteiger partial charge in [-0.3, -0.25) is 0 Å². The van der Waals surface area contributed by atoms with Crippen LogP contribution in [-0.2, 0) is 19.4 Å². The molecule has 5 heteroatoms. The normalized spacial score (nSPS) is 16.0. The van der Waals surface area contributed by atoms with Crippen LogP contribution in [0.5, 0.6) is 5.75 Å². The summed E-state index contributed by atoms with van der Waals surface area (Å²) in [4.78, 5) is 13.9. The molecule has 3 N–H and O–H groups in total. The fourth-order valence-electron chi connectivity index (χ4n) is 3.39. The third-order valence-electron chi connectivity index (χ3n) is 4.70. The van der Waals surface area contributed by atoms with E-state index in [4.69, 9.17) is 0 Å². The van der Waals surface area contributed by atoms with Gasteiger partial charge in [-0.05, 0) is 48.9 Å². The van der Waals surface area contributed by atoms with E-state index in [-0.39, 0.29) is 11.2 Å². The summed E-state index contributed by atoms with van der Waals surface area (Å²) in [6, 6.07) is 5.44. The van der Waals surface area contributed by atoms with Crippen molar-refractivity contribution in [3.05, 3.63) is 39.8 Å². The summed E-state index contributed by atoms with van der Waals surface area (Å²) in [5, 5.41) is 23.0. The van der Waals surface area contributed by atoms with Crippen LogP contribution >= 0.6 is 11.3 Å². The van der Waals surface area contributed by atoms with Gasteiger partial charge < -0.3 is 15.5 Å². The number of hydrogen-bond donors (Lipinski definition) is 3. The maximum absolute atomic E-state index is 11.9. The van der Waals surface area contributed by atoms with Crippen LogP contribution < -0.4 is 5.32 Å². The van der Waals surface area contributed by atoms with Crippen molar-refractivity contribution in [1.29, 1.82) is 0 Å². The number of carboxylic acid groups (broad SMARTS) is 1. The molecule has 1 aliphatic rings. The molecular weight excluding hydrogens is 322 g/mol. The van der Waals surface area contributed by atoms with Crippen LogP contribution in [0.4, 0.5) is 0 Å². The Morgan fingerprint density at radius 3 is 2.75 bits per heavy atom. The number of hydrogen-bond acceptors (Lipinski definition) is 4. The lowest BCUT2D eigenvalue weighted by Crippen LogP contribution is -2.22. The maximum Gasteiger partial charge on any atom is 0.337 e. The van der Waals surface area contributed by atoms with Crippen LogP contribution in [-0.4, -0.2) is 23.2 Å². The van der Waals surface area contributed by atoms with E-state index in [0.717, 1.165) is 40.8 Å². The summed E-state index contributed by atoms with van der Waals surface area (Å²) < 4.78 is 0. The number of benzene rings is 1. The van der Waals surface area contributed by atoms with E-state index in [1.165, 1.54) is 4.88 Å². The zero-order valence-electron chi connectivity index (χ0n) is 14.3. The molecule has 128 valence electrons. The molecule has 0 aliphatic heterocycles. The zero-order valence-corrected chi connectivity index (χ0v) is 15.1. The topological polar surface area (TPSA) is 69.6 Å². The van der Waals surface area contributed by atoms with Crippen molar-refractivity contribution in [3.8, 4) is 16.2 Å². The van der Waals surface area contributed by atoms with Crippen LogP contribution in [0, 0.1) is 5.41 Å². The van der Waals surface area contributed by atoms with E-state index >= 15 is 0 Å². The second kappa shape index (κ2) is 6.22. The Balaban J connectivity index is 2.10. The molecule has 2 aromatic rings. The average Bonchev–Trinajstić information content (AvgIpc) is 2.86. The Morgan fingerprint density at radius 1 is 1.38 bits per heavy atom. The molecule has 0 amide bonds. The van der Waals surface area contributed by atoms with E-state index in [9.17, 15) is 15.0 Å². The number of thiophene rings is 1. The molecule has 0 bridgehead atoms. The molecule has 0 atom stereocenters. The molecule has 1 aliphatic carbocycles.